The minimum absolute atomic E-state index is 0.277. The van der Waals surface area contributed by atoms with Crippen LogP contribution >= 0.6 is 0 Å². The van der Waals surface area contributed by atoms with Crippen LogP contribution in [-0.2, 0) is 25.4 Å². The summed E-state index contributed by atoms with van der Waals surface area (Å²) in [5, 5.41) is 3.54. The Hall–Kier alpha value is -3.07. The first-order valence-electron chi connectivity index (χ1n) is 12.3. The predicted molar refractivity (Wildman–Crippen MR) is 139 cm³/mol. The summed E-state index contributed by atoms with van der Waals surface area (Å²) < 4.78 is 18.0. The van der Waals surface area contributed by atoms with Gasteiger partial charge in [-0.3, -0.25) is 4.57 Å². The molecular weight excluding hydrogens is 462 g/mol. The number of para-hydroxylation sites is 1. The Morgan fingerprint density at radius 3 is 2.19 bits per heavy atom. The molecule has 0 saturated carbocycles. The van der Waals surface area contributed by atoms with Crippen molar-refractivity contribution in [2.24, 2.45) is 11.8 Å². The Balaban J connectivity index is 2.20. The lowest BCUT2D eigenvalue weighted by Crippen LogP contribution is -2.48. The average Bonchev–Trinajstić information content (AvgIpc) is 3.12. The number of rotatable bonds is 9. The minimum Gasteiger partial charge on any atom is -0.444 e. The molecule has 0 radical (unpaired) electrons. The number of nitrogens with one attached hydrogen (secondary N) is 1. The van der Waals surface area contributed by atoms with E-state index in [1.165, 1.54) is 4.57 Å². The van der Waals surface area contributed by atoms with Crippen molar-refractivity contribution in [3.63, 3.8) is 0 Å². The van der Waals surface area contributed by atoms with Gasteiger partial charge in [0.2, 0.25) is 0 Å². The first kappa shape index (κ1) is 29.2. The van der Waals surface area contributed by atoms with Crippen LogP contribution < -0.4 is 5.32 Å². The third-order valence-corrected chi connectivity index (χ3v) is 5.41. The number of amides is 1. The summed E-state index contributed by atoms with van der Waals surface area (Å²) in [6.45, 7) is 13.2. The normalized spacial score (nSPS) is 13.7. The molecule has 0 bridgehead atoms. The second-order valence-corrected chi connectivity index (χ2v) is 10.9. The fraction of sp³-hybridized carbons (Fsp3) is 0.593. The molecule has 0 aliphatic carbocycles. The number of nitrogens with zero attached hydrogens (tertiary/aromatic N) is 2. The summed E-state index contributed by atoms with van der Waals surface area (Å²) in [6.07, 6.45) is 0.0350. The van der Waals surface area contributed by atoms with Crippen LogP contribution in [0, 0.1) is 11.8 Å². The van der Waals surface area contributed by atoms with Crippen LogP contribution in [0.1, 0.15) is 54.0 Å². The maximum atomic E-state index is 13.2. The van der Waals surface area contributed by atoms with Gasteiger partial charge in [-0.25, -0.2) is 14.4 Å². The molecule has 2 rings (SSSR count). The largest absolute Gasteiger partial charge is 0.444 e. The first-order valence-corrected chi connectivity index (χ1v) is 12.3. The molecule has 1 heterocycles. The fourth-order valence-corrected chi connectivity index (χ4v) is 3.52. The summed E-state index contributed by atoms with van der Waals surface area (Å²) >= 11 is 0. The maximum absolute atomic E-state index is 13.2. The number of esters is 1. The molecule has 1 aromatic carbocycles. The zero-order valence-corrected chi connectivity index (χ0v) is 23.0. The Bertz CT molecular complexity index is 1050. The molecule has 1 amide bonds. The molecule has 2 atom stereocenters. The van der Waals surface area contributed by atoms with E-state index in [1.54, 1.807) is 54.7 Å². The molecule has 0 saturated heterocycles. The van der Waals surface area contributed by atoms with Gasteiger partial charge in [0, 0.05) is 24.0 Å². The van der Waals surface area contributed by atoms with Crippen LogP contribution in [0.5, 0.6) is 0 Å². The zero-order chi connectivity index (χ0) is 27.2. The van der Waals surface area contributed by atoms with Gasteiger partial charge in [0.25, 0.3) is 6.29 Å². The Morgan fingerprint density at radius 1 is 1.00 bits per heavy atom. The van der Waals surface area contributed by atoms with E-state index >= 15 is 0 Å². The number of likely N-dealkylation sites (N-methyl/N-ethyl adjacent to an activating group) is 1. The third kappa shape index (κ3) is 8.26. The second-order valence-electron chi connectivity index (χ2n) is 10.9. The zero-order valence-electron chi connectivity index (χ0n) is 23.0. The molecule has 36 heavy (non-hydrogen) atoms. The highest BCUT2D eigenvalue weighted by Crippen LogP contribution is 2.23. The molecular formula is C27H41N3O6. The number of carbonyl (C=O) groups excluding carboxylic acids is 3. The smallest absolute Gasteiger partial charge is 0.421 e. The van der Waals surface area contributed by atoms with Gasteiger partial charge in [0.05, 0.1) is 5.52 Å². The number of aromatic nitrogens is 1. The Morgan fingerprint density at radius 2 is 1.64 bits per heavy atom. The summed E-state index contributed by atoms with van der Waals surface area (Å²) in [5.41, 5.74) is 1.03. The van der Waals surface area contributed by atoms with Crippen molar-refractivity contribution >= 4 is 29.1 Å². The van der Waals surface area contributed by atoms with Gasteiger partial charge in [-0.1, -0.05) is 45.9 Å². The molecule has 2 aromatic rings. The number of benzene rings is 1. The Kier molecular flexibility index (Phi) is 9.93. The van der Waals surface area contributed by atoms with Gasteiger partial charge < -0.3 is 24.4 Å². The van der Waals surface area contributed by atoms with Crippen molar-refractivity contribution in [3.05, 3.63) is 36.0 Å². The molecule has 2 unspecified atom stereocenters. The first-order chi connectivity index (χ1) is 16.7. The lowest BCUT2D eigenvalue weighted by molar-refractivity contribution is -0.178. The van der Waals surface area contributed by atoms with E-state index in [-0.39, 0.29) is 11.8 Å². The SMILES string of the molecule is CC(C)C(OC(=O)C(NC(=O)OC(C)(C)C)C(C)C)OC(=O)n1cc(CCN(C)C)c2ccccc21. The van der Waals surface area contributed by atoms with Crippen molar-refractivity contribution in [2.45, 2.75) is 72.8 Å². The predicted octanol–water partition coefficient (Wildman–Crippen LogP) is 4.80. The van der Waals surface area contributed by atoms with Crippen molar-refractivity contribution < 1.29 is 28.6 Å². The van der Waals surface area contributed by atoms with Gasteiger partial charge in [-0.2, -0.15) is 0 Å². The highest BCUT2D eigenvalue weighted by Gasteiger charge is 2.32. The monoisotopic (exact) mass is 503 g/mol. The van der Waals surface area contributed by atoms with Gasteiger partial charge >= 0.3 is 18.2 Å². The van der Waals surface area contributed by atoms with Crippen LogP contribution in [0.15, 0.2) is 30.5 Å². The van der Waals surface area contributed by atoms with Crippen LogP contribution in [0.3, 0.4) is 0 Å². The fourth-order valence-electron chi connectivity index (χ4n) is 3.52. The molecule has 9 nitrogen and oxygen atoms in total. The molecule has 0 aliphatic rings. The van der Waals surface area contributed by atoms with E-state index in [9.17, 15) is 14.4 Å². The highest BCUT2D eigenvalue weighted by atomic mass is 16.7. The van der Waals surface area contributed by atoms with Gasteiger partial charge in [-0.15, -0.1) is 0 Å². The van der Waals surface area contributed by atoms with E-state index < -0.39 is 36.1 Å². The van der Waals surface area contributed by atoms with Gasteiger partial charge in [0.1, 0.15) is 11.6 Å². The third-order valence-electron chi connectivity index (χ3n) is 5.41. The van der Waals surface area contributed by atoms with Crippen molar-refractivity contribution in [1.29, 1.82) is 0 Å². The van der Waals surface area contributed by atoms with E-state index in [0.717, 1.165) is 29.4 Å². The van der Waals surface area contributed by atoms with E-state index in [0.29, 0.717) is 0 Å². The molecule has 0 aliphatic heterocycles. The molecule has 200 valence electrons. The number of alkyl carbamates (subject to hydrolysis) is 1. The lowest BCUT2D eigenvalue weighted by atomic mass is 10.0. The average molecular weight is 504 g/mol. The standard InChI is InChI=1S/C27H41N3O6/c1-17(2)22(28-25(32)36-27(5,6)7)23(31)34-24(18(3)4)35-26(33)30-16-19(14-15-29(8)9)20-12-10-11-13-21(20)30/h10-13,16-18,22,24H,14-15H2,1-9H3,(H,28,32). The van der Waals surface area contributed by atoms with Crippen LogP contribution in [0.4, 0.5) is 9.59 Å². The number of hydrogen-bond donors (Lipinski definition) is 1. The summed E-state index contributed by atoms with van der Waals surface area (Å²) in [6, 6.07) is 6.65. The molecule has 1 aromatic heterocycles. The quantitative estimate of drug-likeness (QED) is 0.387. The van der Waals surface area contributed by atoms with E-state index in [4.69, 9.17) is 14.2 Å². The lowest BCUT2D eigenvalue weighted by Gasteiger charge is -2.27. The molecule has 1 N–H and O–H groups in total. The van der Waals surface area contributed by atoms with Crippen molar-refractivity contribution in [3.8, 4) is 0 Å². The number of hydrogen-bond acceptors (Lipinski definition) is 7. The topological polar surface area (TPSA) is 99.1 Å². The van der Waals surface area contributed by atoms with E-state index in [2.05, 4.69) is 10.2 Å². The van der Waals surface area contributed by atoms with Crippen LogP contribution in [-0.4, -0.2) is 66.2 Å². The van der Waals surface area contributed by atoms with Gasteiger partial charge in [-0.05, 0) is 58.8 Å². The number of carbonyl (C=O) groups is 3. The maximum Gasteiger partial charge on any atom is 0.421 e. The van der Waals surface area contributed by atoms with Crippen LogP contribution in [0.25, 0.3) is 10.9 Å². The number of fused-ring (bicyclic) bond motifs is 1. The minimum atomic E-state index is -1.14. The highest BCUT2D eigenvalue weighted by molar-refractivity contribution is 5.92. The second kappa shape index (κ2) is 12.3. The van der Waals surface area contributed by atoms with Gasteiger partial charge in [0.15, 0.2) is 0 Å². The van der Waals surface area contributed by atoms with E-state index in [1.807, 2.05) is 38.4 Å². The number of ether oxygens (including phenoxy) is 3. The summed E-state index contributed by atoms with van der Waals surface area (Å²) in [4.78, 5) is 40.5. The summed E-state index contributed by atoms with van der Waals surface area (Å²) in [7, 11) is 3.99. The molecule has 0 spiro atoms. The van der Waals surface area contributed by atoms with Crippen molar-refractivity contribution in [1.82, 2.24) is 14.8 Å². The van der Waals surface area contributed by atoms with Crippen molar-refractivity contribution in [2.75, 3.05) is 20.6 Å². The summed E-state index contributed by atoms with van der Waals surface area (Å²) in [5.74, 6) is -1.30. The van der Waals surface area contributed by atoms with Crippen LogP contribution in [0.2, 0.25) is 0 Å². The Labute approximate surface area is 214 Å². The molecule has 9 heteroatoms. The molecule has 0 fully saturated rings.